The fourth-order valence-electron chi connectivity index (χ4n) is 1.91. The molecule has 0 amide bonds. The number of ether oxygens (including phenoxy) is 1. The van der Waals surface area contributed by atoms with Crippen LogP contribution < -0.4 is 4.74 Å². The van der Waals surface area contributed by atoms with Crippen LogP contribution in [0, 0.1) is 5.92 Å². The molecule has 0 radical (unpaired) electrons. The van der Waals surface area contributed by atoms with Crippen LogP contribution in [-0.4, -0.2) is 16.3 Å². The molecule has 19 heavy (non-hydrogen) atoms. The van der Waals surface area contributed by atoms with Gasteiger partial charge in [-0.2, -0.15) is 5.10 Å². The van der Waals surface area contributed by atoms with Crippen molar-refractivity contribution in [1.29, 1.82) is 0 Å². The van der Waals surface area contributed by atoms with Gasteiger partial charge in [0.15, 0.2) is 0 Å². The lowest BCUT2D eigenvalue weighted by molar-refractivity contribution is 0.340. The number of hydrogen-bond acceptors (Lipinski definition) is 2. The van der Waals surface area contributed by atoms with Crippen molar-refractivity contribution in [2.45, 2.75) is 27.1 Å². The molecule has 0 aliphatic rings. The van der Waals surface area contributed by atoms with Gasteiger partial charge in [-0.1, -0.05) is 19.9 Å². The van der Waals surface area contributed by atoms with Gasteiger partial charge in [-0.3, -0.25) is 0 Å². The number of aromatic nitrogens is 2. The van der Waals surface area contributed by atoms with E-state index in [2.05, 4.69) is 34.9 Å². The zero-order valence-electron chi connectivity index (χ0n) is 15.9. The normalized spacial score (nSPS) is 16.3. The van der Waals surface area contributed by atoms with E-state index in [0.29, 0.717) is 16.2 Å². The van der Waals surface area contributed by atoms with Crippen LogP contribution in [0.25, 0.3) is 5.69 Å². The monoisotopic (exact) mass is 327 g/mol. The van der Waals surface area contributed by atoms with Crippen LogP contribution in [0.5, 0.6) is 5.75 Å². The van der Waals surface area contributed by atoms with Crippen molar-refractivity contribution in [3.8, 4) is 11.4 Å². The lowest BCUT2D eigenvalue weighted by atomic mass is 10.1. The van der Waals surface area contributed by atoms with Crippen LogP contribution in [-0.2, 0) is 6.42 Å². The molecule has 4 heteroatoms. The molecule has 0 bridgehead atoms. The molecule has 1 aromatic carbocycles. The highest BCUT2D eigenvalue weighted by Crippen LogP contribution is 2.22. The van der Waals surface area contributed by atoms with Gasteiger partial charge in [0, 0.05) is 15.9 Å². The van der Waals surface area contributed by atoms with Crippen LogP contribution >= 0.6 is 15.9 Å². The van der Waals surface area contributed by atoms with Crippen molar-refractivity contribution >= 4 is 15.9 Å². The summed E-state index contributed by atoms with van der Waals surface area (Å²) in [6, 6.07) is 8.51. The highest BCUT2D eigenvalue weighted by molar-refractivity contribution is 9.10. The summed E-state index contributed by atoms with van der Waals surface area (Å²) in [4.78, 5) is 0. The number of nitrogens with zero attached hydrogens (tertiary/aromatic N) is 2. The van der Waals surface area contributed by atoms with Gasteiger partial charge in [0.05, 0.1) is 15.0 Å². The molecule has 0 saturated carbocycles. The second-order valence-corrected chi connectivity index (χ2v) is 5.48. The summed E-state index contributed by atoms with van der Waals surface area (Å²) in [7, 11) is 0. The summed E-state index contributed by atoms with van der Waals surface area (Å²) in [5.41, 5.74) is 1.67. The zero-order chi connectivity index (χ0) is 18.1. The van der Waals surface area contributed by atoms with Gasteiger partial charge in [-0.05, 0) is 53.3 Å². The standard InChI is InChI=1S/C15H19BrN2O/c1-4-19-14-7-5-6-12(9-14)18-13(8-11(2)3)10-15(16)17-18/h5-7,9-11H,4,8H2,1-3H3/i1D3,4D2. The summed E-state index contributed by atoms with van der Waals surface area (Å²) in [6.07, 6.45) is 0.819. The maximum Gasteiger partial charge on any atom is 0.128 e. The van der Waals surface area contributed by atoms with Gasteiger partial charge < -0.3 is 4.74 Å². The van der Waals surface area contributed by atoms with Crippen molar-refractivity contribution in [2.75, 3.05) is 6.56 Å². The molecule has 0 fully saturated rings. The Bertz CT molecular complexity index is 712. The Hall–Kier alpha value is -1.29. The van der Waals surface area contributed by atoms with Crippen molar-refractivity contribution in [2.24, 2.45) is 5.92 Å². The third-order valence-electron chi connectivity index (χ3n) is 2.60. The van der Waals surface area contributed by atoms with E-state index in [1.807, 2.05) is 6.07 Å². The number of benzene rings is 1. The van der Waals surface area contributed by atoms with E-state index in [9.17, 15) is 0 Å². The maximum absolute atomic E-state index is 7.58. The number of hydrogen-bond donors (Lipinski definition) is 0. The number of rotatable bonds is 5. The van der Waals surface area contributed by atoms with Crippen LogP contribution in [0.15, 0.2) is 34.9 Å². The van der Waals surface area contributed by atoms with E-state index >= 15 is 0 Å². The minimum atomic E-state index is -2.87. The molecular formula is C15H19BrN2O. The quantitative estimate of drug-likeness (QED) is 0.821. The predicted octanol–water partition coefficient (Wildman–Crippen LogP) is 4.23. The van der Waals surface area contributed by atoms with E-state index in [0.717, 1.165) is 12.1 Å². The van der Waals surface area contributed by atoms with E-state index < -0.39 is 13.4 Å². The van der Waals surface area contributed by atoms with E-state index in [4.69, 9.17) is 11.6 Å². The summed E-state index contributed by atoms with van der Waals surface area (Å²) in [6.45, 7) is -1.43. The van der Waals surface area contributed by atoms with Crippen LogP contribution in [0.2, 0.25) is 0 Å². The maximum atomic E-state index is 7.58. The average molecular weight is 328 g/mol. The van der Waals surface area contributed by atoms with Crippen molar-refractivity contribution in [3.63, 3.8) is 0 Å². The first-order valence-electron chi connectivity index (χ1n) is 8.53. The first kappa shape index (κ1) is 8.80. The lowest BCUT2D eigenvalue weighted by Crippen LogP contribution is -2.05. The topological polar surface area (TPSA) is 27.1 Å². The molecule has 0 N–H and O–H groups in total. The van der Waals surface area contributed by atoms with E-state index in [-0.39, 0.29) is 5.75 Å². The van der Waals surface area contributed by atoms with E-state index in [1.165, 1.54) is 6.07 Å². The Morgan fingerprint density at radius 3 is 3.05 bits per heavy atom. The Balaban J connectivity index is 2.35. The summed E-state index contributed by atoms with van der Waals surface area (Å²) in [5, 5.41) is 4.39. The first-order valence-corrected chi connectivity index (χ1v) is 6.83. The van der Waals surface area contributed by atoms with E-state index in [1.54, 1.807) is 22.9 Å². The highest BCUT2D eigenvalue weighted by atomic mass is 79.9. The molecule has 0 unspecified atom stereocenters. The Labute approximate surface area is 129 Å². The second kappa shape index (κ2) is 6.24. The van der Waals surface area contributed by atoms with Gasteiger partial charge in [0.1, 0.15) is 10.4 Å². The molecule has 3 nitrogen and oxygen atoms in total. The molecule has 0 atom stereocenters. The molecule has 1 heterocycles. The van der Waals surface area contributed by atoms with Crippen LogP contribution in [0.3, 0.4) is 0 Å². The molecule has 0 aliphatic heterocycles. The fourth-order valence-corrected chi connectivity index (χ4v) is 2.33. The molecular weight excluding hydrogens is 304 g/mol. The average Bonchev–Trinajstić information content (AvgIpc) is 2.77. The second-order valence-electron chi connectivity index (χ2n) is 4.67. The molecule has 0 saturated heterocycles. The van der Waals surface area contributed by atoms with Gasteiger partial charge in [0.25, 0.3) is 0 Å². The molecule has 2 aromatic rings. The minimum absolute atomic E-state index is 0.135. The Kier molecular flexibility index (Phi) is 2.89. The van der Waals surface area contributed by atoms with Crippen molar-refractivity contribution in [3.05, 3.63) is 40.6 Å². The smallest absolute Gasteiger partial charge is 0.128 e. The van der Waals surface area contributed by atoms with Gasteiger partial charge in [-0.25, -0.2) is 4.68 Å². The predicted molar refractivity (Wildman–Crippen MR) is 81.0 cm³/mol. The molecule has 2 rings (SSSR count). The van der Waals surface area contributed by atoms with Gasteiger partial charge >= 0.3 is 0 Å². The number of halogens is 1. The first-order chi connectivity index (χ1) is 11.0. The summed E-state index contributed by atoms with van der Waals surface area (Å²) < 4.78 is 44.3. The third-order valence-corrected chi connectivity index (χ3v) is 2.99. The van der Waals surface area contributed by atoms with Gasteiger partial charge in [-0.15, -0.1) is 0 Å². The third kappa shape index (κ3) is 3.60. The summed E-state index contributed by atoms with van der Waals surface area (Å²) >= 11 is 3.37. The Morgan fingerprint density at radius 1 is 1.47 bits per heavy atom. The molecule has 102 valence electrons. The van der Waals surface area contributed by atoms with Crippen LogP contribution in [0.1, 0.15) is 33.2 Å². The zero-order valence-corrected chi connectivity index (χ0v) is 12.4. The SMILES string of the molecule is [2H]C([2H])([2H])C([2H])([2H])Oc1cccc(-n2nc(Br)cc2CC(C)C)c1. The molecule has 1 aromatic heterocycles. The highest BCUT2D eigenvalue weighted by Gasteiger charge is 2.10. The lowest BCUT2D eigenvalue weighted by Gasteiger charge is -2.10. The Morgan fingerprint density at radius 2 is 2.32 bits per heavy atom. The van der Waals surface area contributed by atoms with Gasteiger partial charge in [0.2, 0.25) is 0 Å². The van der Waals surface area contributed by atoms with Crippen LogP contribution in [0.4, 0.5) is 0 Å². The minimum Gasteiger partial charge on any atom is -0.494 e. The largest absolute Gasteiger partial charge is 0.494 e. The molecule has 0 aliphatic carbocycles. The van der Waals surface area contributed by atoms with Crippen molar-refractivity contribution in [1.82, 2.24) is 9.78 Å². The molecule has 0 spiro atoms. The fraction of sp³-hybridized carbons (Fsp3) is 0.400. The summed E-state index contributed by atoms with van der Waals surface area (Å²) in [5.74, 6) is 0.576. The van der Waals surface area contributed by atoms with Crippen molar-refractivity contribution < 1.29 is 11.6 Å².